The number of aryl methyl sites for hydroxylation is 1. The molecular weight excluding hydrogens is 174 g/mol. The summed E-state index contributed by atoms with van der Waals surface area (Å²) < 4.78 is 7.49. The summed E-state index contributed by atoms with van der Waals surface area (Å²) in [5.74, 6) is 0.983. The van der Waals surface area contributed by atoms with Gasteiger partial charge in [-0.3, -0.25) is 5.10 Å². The van der Waals surface area contributed by atoms with Crippen LogP contribution in [0, 0.1) is 4.77 Å². The number of H-pyrrole nitrogens is 1. The van der Waals surface area contributed by atoms with Crippen LogP contribution in [-0.4, -0.2) is 28.5 Å². The Morgan fingerprint density at radius 2 is 2.42 bits per heavy atom. The SMILES string of the molecule is COCCCc1n[nH]c(=S)n1C. The van der Waals surface area contributed by atoms with Gasteiger partial charge in [-0.25, -0.2) is 0 Å². The summed E-state index contributed by atoms with van der Waals surface area (Å²) in [6, 6.07) is 0. The molecule has 12 heavy (non-hydrogen) atoms. The Balaban J connectivity index is 2.52. The lowest BCUT2D eigenvalue weighted by Crippen LogP contribution is -2.00. The molecule has 0 unspecified atom stereocenters. The van der Waals surface area contributed by atoms with E-state index in [2.05, 4.69) is 10.2 Å². The summed E-state index contributed by atoms with van der Waals surface area (Å²) in [6.45, 7) is 0.764. The molecule has 1 aromatic heterocycles. The number of aromatic amines is 1. The molecule has 0 amide bonds. The third-order valence-electron chi connectivity index (χ3n) is 1.72. The third kappa shape index (κ3) is 2.15. The van der Waals surface area contributed by atoms with Crippen molar-refractivity contribution < 1.29 is 4.74 Å². The second kappa shape index (κ2) is 4.37. The molecule has 0 spiro atoms. The van der Waals surface area contributed by atoms with E-state index in [4.69, 9.17) is 17.0 Å². The fourth-order valence-electron chi connectivity index (χ4n) is 0.978. The van der Waals surface area contributed by atoms with Crippen LogP contribution in [0.4, 0.5) is 0 Å². The molecule has 0 saturated heterocycles. The van der Waals surface area contributed by atoms with Gasteiger partial charge < -0.3 is 9.30 Å². The largest absolute Gasteiger partial charge is 0.385 e. The molecule has 1 N–H and O–H groups in total. The number of nitrogens with zero attached hydrogens (tertiary/aromatic N) is 2. The molecule has 1 rings (SSSR count). The zero-order valence-electron chi connectivity index (χ0n) is 7.33. The van der Waals surface area contributed by atoms with Gasteiger partial charge in [0.05, 0.1) is 0 Å². The van der Waals surface area contributed by atoms with Crippen LogP contribution in [0.3, 0.4) is 0 Å². The van der Waals surface area contributed by atoms with Gasteiger partial charge in [-0.05, 0) is 18.6 Å². The van der Waals surface area contributed by atoms with Crippen molar-refractivity contribution in [2.24, 2.45) is 7.05 Å². The number of ether oxygens (including phenoxy) is 1. The quantitative estimate of drug-likeness (QED) is 0.566. The van der Waals surface area contributed by atoms with Crippen LogP contribution >= 0.6 is 12.2 Å². The molecule has 0 fully saturated rings. The molecule has 0 aliphatic heterocycles. The normalized spacial score (nSPS) is 10.5. The summed E-state index contributed by atoms with van der Waals surface area (Å²) >= 11 is 4.97. The molecule has 0 aliphatic carbocycles. The molecular formula is C7H13N3OS. The standard InChI is InChI=1S/C7H13N3OS/c1-10-6(4-3-5-11-2)8-9-7(10)12/h3-5H2,1-2H3,(H,9,12). The van der Waals surface area contributed by atoms with E-state index in [0.717, 1.165) is 25.3 Å². The van der Waals surface area contributed by atoms with Crippen LogP contribution < -0.4 is 0 Å². The second-order valence-corrected chi connectivity index (χ2v) is 2.99. The Hall–Kier alpha value is -0.680. The smallest absolute Gasteiger partial charge is 0.194 e. The van der Waals surface area contributed by atoms with Crippen LogP contribution in [0.2, 0.25) is 0 Å². The highest BCUT2D eigenvalue weighted by Crippen LogP contribution is 1.98. The van der Waals surface area contributed by atoms with E-state index in [1.807, 2.05) is 11.6 Å². The van der Waals surface area contributed by atoms with E-state index in [0.29, 0.717) is 4.77 Å². The van der Waals surface area contributed by atoms with E-state index in [9.17, 15) is 0 Å². The van der Waals surface area contributed by atoms with Gasteiger partial charge >= 0.3 is 0 Å². The van der Waals surface area contributed by atoms with E-state index < -0.39 is 0 Å². The monoisotopic (exact) mass is 187 g/mol. The van der Waals surface area contributed by atoms with Crippen LogP contribution in [-0.2, 0) is 18.2 Å². The van der Waals surface area contributed by atoms with Gasteiger partial charge in [0.15, 0.2) is 4.77 Å². The van der Waals surface area contributed by atoms with Gasteiger partial charge in [0, 0.05) is 27.2 Å². The first kappa shape index (κ1) is 9.41. The van der Waals surface area contributed by atoms with Crippen molar-refractivity contribution in [2.45, 2.75) is 12.8 Å². The number of rotatable bonds is 4. The number of aromatic nitrogens is 3. The maximum Gasteiger partial charge on any atom is 0.194 e. The molecule has 0 aromatic carbocycles. The minimum Gasteiger partial charge on any atom is -0.385 e. The predicted molar refractivity (Wildman–Crippen MR) is 48.6 cm³/mol. The first-order valence-electron chi connectivity index (χ1n) is 3.85. The maximum atomic E-state index is 4.97. The highest BCUT2D eigenvalue weighted by atomic mass is 32.1. The summed E-state index contributed by atoms with van der Waals surface area (Å²) in [7, 11) is 3.61. The second-order valence-electron chi connectivity index (χ2n) is 2.60. The number of hydrogen-bond donors (Lipinski definition) is 1. The summed E-state index contributed by atoms with van der Waals surface area (Å²) in [5.41, 5.74) is 0. The van der Waals surface area contributed by atoms with Crippen molar-refractivity contribution in [3.8, 4) is 0 Å². The van der Waals surface area contributed by atoms with Crippen molar-refractivity contribution in [3.05, 3.63) is 10.6 Å². The lowest BCUT2D eigenvalue weighted by Gasteiger charge is -1.98. The fourth-order valence-corrected chi connectivity index (χ4v) is 1.13. The number of nitrogens with one attached hydrogen (secondary N) is 1. The molecule has 0 saturated carbocycles. The molecule has 4 nitrogen and oxygen atoms in total. The lowest BCUT2D eigenvalue weighted by molar-refractivity contribution is 0.194. The van der Waals surface area contributed by atoms with E-state index in [-0.39, 0.29) is 0 Å². The molecule has 0 atom stereocenters. The Labute approximate surface area is 76.6 Å². The van der Waals surface area contributed by atoms with Crippen LogP contribution in [0.5, 0.6) is 0 Å². The molecule has 68 valence electrons. The van der Waals surface area contributed by atoms with E-state index in [1.54, 1.807) is 7.11 Å². The predicted octanol–water partition coefficient (Wildman–Crippen LogP) is 1.06. The van der Waals surface area contributed by atoms with Crippen molar-refractivity contribution in [1.29, 1.82) is 0 Å². The zero-order valence-corrected chi connectivity index (χ0v) is 8.15. The minimum atomic E-state index is 0.669. The summed E-state index contributed by atoms with van der Waals surface area (Å²) in [4.78, 5) is 0. The maximum absolute atomic E-state index is 4.97. The van der Waals surface area contributed by atoms with Crippen LogP contribution in [0.1, 0.15) is 12.2 Å². The molecule has 0 bridgehead atoms. The Bertz CT molecular complexity index is 291. The van der Waals surface area contributed by atoms with Crippen molar-refractivity contribution in [2.75, 3.05) is 13.7 Å². The average molecular weight is 187 g/mol. The number of hydrogen-bond acceptors (Lipinski definition) is 3. The first-order valence-corrected chi connectivity index (χ1v) is 4.25. The molecule has 5 heteroatoms. The average Bonchev–Trinajstić information content (AvgIpc) is 2.36. The van der Waals surface area contributed by atoms with E-state index >= 15 is 0 Å². The van der Waals surface area contributed by atoms with Crippen LogP contribution in [0.15, 0.2) is 0 Å². The molecule has 1 heterocycles. The zero-order chi connectivity index (χ0) is 8.97. The van der Waals surface area contributed by atoms with Gasteiger partial charge in [-0.1, -0.05) is 0 Å². The summed E-state index contributed by atoms with van der Waals surface area (Å²) in [6.07, 6.45) is 1.88. The van der Waals surface area contributed by atoms with Crippen molar-refractivity contribution >= 4 is 12.2 Å². The highest BCUT2D eigenvalue weighted by Gasteiger charge is 2.00. The minimum absolute atomic E-state index is 0.669. The van der Waals surface area contributed by atoms with Crippen LogP contribution in [0.25, 0.3) is 0 Å². The van der Waals surface area contributed by atoms with Crippen molar-refractivity contribution in [1.82, 2.24) is 14.8 Å². The Morgan fingerprint density at radius 1 is 1.67 bits per heavy atom. The topological polar surface area (TPSA) is 42.8 Å². The highest BCUT2D eigenvalue weighted by molar-refractivity contribution is 7.71. The molecule has 0 radical (unpaired) electrons. The third-order valence-corrected chi connectivity index (χ3v) is 2.09. The number of methoxy groups -OCH3 is 1. The Kier molecular flexibility index (Phi) is 3.43. The van der Waals surface area contributed by atoms with Crippen molar-refractivity contribution in [3.63, 3.8) is 0 Å². The lowest BCUT2D eigenvalue weighted by atomic mass is 10.3. The Morgan fingerprint density at radius 3 is 2.92 bits per heavy atom. The van der Waals surface area contributed by atoms with Gasteiger partial charge in [-0.2, -0.15) is 5.10 Å². The van der Waals surface area contributed by atoms with Gasteiger partial charge in [0.2, 0.25) is 0 Å². The fraction of sp³-hybridized carbons (Fsp3) is 0.714. The van der Waals surface area contributed by atoms with Gasteiger partial charge in [0.25, 0.3) is 0 Å². The van der Waals surface area contributed by atoms with Gasteiger partial charge in [0.1, 0.15) is 5.82 Å². The summed E-state index contributed by atoms with van der Waals surface area (Å²) in [5, 5.41) is 6.82. The van der Waals surface area contributed by atoms with E-state index in [1.165, 1.54) is 0 Å². The molecule has 1 aromatic rings. The molecule has 0 aliphatic rings. The first-order chi connectivity index (χ1) is 5.75. The van der Waals surface area contributed by atoms with Gasteiger partial charge in [-0.15, -0.1) is 0 Å².